The van der Waals surface area contributed by atoms with Crippen molar-refractivity contribution in [2.75, 3.05) is 31.1 Å². The molecule has 2 aliphatic heterocycles. The van der Waals surface area contributed by atoms with E-state index in [1.165, 1.54) is 17.1 Å². The van der Waals surface area contributed by atoms with Gasteiger partial charge in [-0.15, -0.1) is 0 Å². The Hall–Kier alpha value is -4.84. The van der Waals surface area contributed by atoms with Gasteiger partial charge in [0.2, 0.25) is 5.95 Å². The molecule has 3 aromatic rings. The number of aromatic nitrogens is 4. The van der Waals surface area contributed by atoms with Gasteiger partial charge in [0, 0.05) is 51.1 Å². The Labute approximate surface area is 212 Å². The van der Waals surface area contributed by atoms with Crippen LogP contribution in [0.3, 0.4) is 0 Å². The van der Waals surface area contributed by atoms with Crippen molar-refractivity contribution >= 4 is 18.2 Å². The fourth-order valence-corrected chi connectivity index (χ4v) is 4.62. The highest BCUT2D eigenvalue weighted by Crippen LogP contribution is 2.30. The molecule has 2 aliphatic rings. The average molecular weight is 499 g/mol. The van der Waals surface area contributed by atoms with Crippen LogP contribution in [0.2, 0.25) is 0 Å². The average Bonchev–Trinajstić information content (AvgIpc) is 3.52. The van der Waals surface area contributed by atoms with Gasteiger partial charge in [-0.1, -0.05) is 0 Å². The van der Waals surface area contributed by atoms with E-state index in [1.54, 1.807) is 41.0 Å². The lowest BCUT2D eigenvalue weighted by Gasteiger charge is -2.37. The zero-order valence-electron chi connectivity index (χ0n) is 20.3. The molecule has 1 atom stereocenters. The van der Waals surface area contributed by atoms with Crippen LogP contribution in [0, 0.1) is 42.3 Å². The summed E-state index contributed by atoms with van der Waals surface area (Å²) in [6.07, 6.45) is 3.72. The lowest BCUT2D eigenvalue weighted by molar-refractivity contribution is 0.139. The molecule has 1 aromatic carbocycles. The number of hydrogen-bond donors (Lipinski definition) is 0. The summed E-state index contributed by atoms with van der Waals surface area (Å²) in [5.74, 6) is 0.553. The summed E-state index contributed by atoms with van der Waals surface area (Å²) in [5, 5.41) is 28.6. The van der Waals surface area contributed by atoms with E-state index in [-0.39, 0.29) is 11.6 Å². The summed E-state index contributed by atoms with van der Waals surface area (Å²) in [6.45, 7) is 5.48. The molecular formula is C25H23FN10O. The summed E-state index contributed by atoms with van der Waals surface area (Å²) in [5.41, 5.74) is 2.61. The maximum atomic E-state index is 14.0. The number of carbonyl (C=O) groups is 1. The van der Waals surface area contributed by atoms with E-state index in [1.807, 2.05) is 17.9 Å². The van der Waals surface area contributed by atoms with Crippen LogP contribution in [-0.4, -0.2) is 68.1 Å². The first-order valence-corrected chi connectivity index (χ1v) is 11.8. The molecule has 0 radical (unpaired) electrons. The van der Waals surface area contributed by atoms with E-state index in [4.69, 9.17) is 0 Å². The highest BCUT2D eigenvalue weighted by molar-refractivity contribution is 5.78. The van der Waals surface area contributed by atoms with Crippen molar-refractivity contribution in [2.24, 2.45) is 5.10 Å². The minimum atomic E-state index is -0.520. The van der Waals surface area contributed by atoms with E-state index < -0.39 is 11.9 Å². The predicted octanol–water partition coefficient (Wildman–Crippen LogP) is 2.84. The maximum absolute atomic E-state index is 14.0. The van der Waals surface area contributed by atoms with Crippen LogP contribution in [0.15, 0.2) is 35.6 Å². The monoisotopic (exact) mass is 498 g/mol. The van der Waals surface area contributed by atoms with Crippen LogP contribution in [0.4, 0.5) is 15.1 Å². The molecule has 5 rings (SSSR count). The minimum absolute atomic E-state index is 0.203. The molecule has 1 fully saturated rings. The van der Waals surface area contributed by atoms with Gasteiger partial charge < -0.3 is 9.80 Å². The number of rotatable bonds is 3. The fourth-order valence-electron chi connectivity index (χ4n) is 4.62. The number of amides is 2. The Morgan fingerprint density at radius 1 is 1.11 bits per heavy atom. The number of hydrogen-bond acceptors (Lipinski definition) is 8. The molecule has 0 aliphatic carbocycles. The van der Waals surface area contributed by atoms with Gasteiger partial charge in [-0.05, 0) is 37.6 Å². The third-order valence-corrected chi connectivity index (χ3v) is 6.54. The van der Waals surface area contributed by atoms with Crippen molar-refractivity contribution in [2.45, 2.75) is 26.3 Å². The second-order valence-electron chi connectivity index (χ2n) is 8.82. The number of carbonyl (C=O) groups excluding carboxylic acids is 1. The Bertz CT molecular complexity index is 1480. The summed E-state index contributed by atoms with van der Waals surface area (Å²) in [7, 11) is 0. The van der Waals surface area contributed by atoms with Crippen LogP contribution in [0.25, 0.3) is 5.82 Å². The lowest BCUT2D eigenvalue weighted by atomic mass is 10.0. The van der Waals surface area contributed by atoms with E-state index >= 15 is 0 Å². The molecule has 12 heteroatoms. The van der Waals surface area contributed by atoms with E-state index in [0.29, 0.717) is 66.9 Å². The molecule has 2 amide bonds. The quantitative estimate of drug-likeness (QED) is 0.543. The van der Waals surface area contributed by atoms with Gasteiger partial charge in [0.05, 0.1) is 34.6 Å². The smallest absolute Gasteiger partial charge is 0.337 e. The fraction of sp³-hybridized carbons (Fsp3) is 0.320. The van der Waals surface area contributed by atoms with Gasteiger partial charge in [0.15, 0.2) is 5.82 Å². The molecular weight excluding hydrogens is 475 g/mol. The predicted molar refractivity (Wildman–Crippen MR) is 131 cm³/mol. The summed E-state index contributed by atoms with van der Waals surface area (Å²) in [6, 6.07) is 9.21. The van der Waals surface area contributed by atoms with Crippen LogP contribution in [0.5, 0.6) is 0 Å². The molecule has 186 valence electrons. The largest absolute Gasteiger partial charge is 0.341 e. The molecule has 4 heterocycles. The first-order chi connectivity index (χ1) is 17.9. The molecule has 37 heavy (non-hydrogen) atoms. The number of aryl methyl sites for hydroxylation is 1. The van der Waals surface area contributed by atoms with Gasteiger partial charge in [0.25, 0.3) is 0 Å². The van der Waals surface area contributed by atoms with Crippen LogP contribution in [0.1, 0.15) is 40.5 Å². The van der Waals surface area contributed by atoms with Gasteiger partial charge >= 0.3 is 6.03 Å². The van der Waals surface area contributed by atoms with Crippen molar-refractivity contribution < 1.29 is 9.18 Å². The van der Waals surface area contributed by atoms with Gasteiger partial charge in [-0.25, -0.2) is 23.9 Å². The first-order valence-electron chi connectivity index (χ1n) is 11.8. The van der Waals surface area contributed by atoms with Crippen LogP contribution >= 0.6 is 0 Å². The van der Waals surface area contributed by atoms with E-state index in [9.17, 15) is 19.7 Å². The SMILES string of the molecule is Cc1nn(-c2ccnc(N3CCN(C(=O)N4N=CCC4c4cc(F)cc(C#N)c4)CC3)n2)c(C)c1C#N. The number of urea groups is 1. The first kappa shape index (κ1) is 23.9. The van der Waals surface area contributed by atoms with Gasteiger partial charge in [0.1, 0.15) is 11.9 Å². The molecule has 0 spiro atoms. The third-order valence-electron chi connectivity index (χ3n) is 6.54. The van der Waals surface area contributed by atoms with Crippen molar-refractivity contribution in [3.8, 4) is 18.0 Å². The Morgan fingerprint density at radius 2 is 1.89 bits per heavy atom. The van der Waals surface area contributed by atoms with Crippen molar-refractivity contribution in [3.63, 3.8) is 0 Å². The standard InChI is InChI=1S/C25H23FN10O/c1-16-21(15-28)17(2)35(32-16)23-4-5-29-24(31-23)33-7-9-34(10-8-33)25(37)36-22(3-6-30-36)19-11-18(14-27)12-20(26)13-19/h4-6,11-13,22H,3,7-10H2,1-2H3. The molecule has 1 saturated heterocycles. The number of piperazine rings is 1. The summed E-state index contributed by atoms with van der Waals surface area (Å²) >= 11 is 0. The van der Waals surface area contributed by atoms with Crippen LogP contribution < -0.4 is 4.90 Å². The van der Waals surface area contributed by atoms with Crippen molar-refractivity contribution in [1.82, 2.24) is 29.7 Å². The van der Waals surface area contributed by atoms with Crippen LogP contribution in [-0.2, 0) is 0 Å². The number of nitrogens with zero attached hydrogens (tertiary/aromatic N) is 10. The highest BCUT2D eigenvalue weighted by atomic mass is 19.1. The zero-order valence-corrected chi connectivity index (χ0v) is 20.3. The maximum Gasteiger partial charge on any atom is 0.341 e. The van der Waals surface area contributed by atoms with Gasteiger partial charge in [-0.2, -0.15) is 25.7 Å². The van der Waals surface area contributed by atoms with Gasteiger partial charge in [-0.3, -0.25) is 0 Å². The van der Waals surface area contributed by atoms with E-state index in [0.717, 1.165) is 0 Å². The van der Waals surface area contributed by atoms with Crippen molar-refractivity contribution in [1.29, 1.82) is 10.5 Å². The zero-order chi connectivity index (χ0) is 26.1. The summed E-state index contributed by atoms with van der Waals surface area (Å²) in [4.78, 5) is 26.0. The molecule has 11 nitrogen and oxygen atoms in total. The molecule has 1 unspecified atom stereocenters. The minimum Gasteiger partial charge on any atom is -0.337 e. The number of nitriles is 2. The molecule has 0 N–H and O–H groups in total. The van der Waals surface area contributed by atoms with Crippen molar-refractivity contribution in [3.05, 3.63) is 64.4 Å². The Kier molecular flexibility index (Phi) is 6.24. The highest BCUT2D eigenvalue weighted by Gasteiger charge is 2.34. The summed E-state index contributed by atoms with van der Waals surface area (Å²) < 4.78 is 15.6. The third kappa shape index (κ3) is 4.45. The molecule has 2 aromatic heterocycles. The Morgan fingerprint density at radius 3 is 2.59 bits per heavy atom. The normalized spacial score (nSPS) is 17.1. The second kappa shape index (κ2) is 9.66. The molecule has 0 saturated carbocycles. The van der Waals surface area contributed by atoms with E-state index in [2.05, 4.69) is 26.2 Å². The number of anilines is 1. The topological polar surface area (TPSA) is 130 Å². The number of benzene rings is 1. The second-order valence-corrected chi connectivity index (χ2v) is 8.82. The number of halogens is 1. The number of hydrazone groups is 1. The lowest BCUT2D eigenvalue weighted by Crippen LogP contribution is -2.52. The Balaban J connectivity index is 1.28. The molecule has 0 bridgehead atoms.